The lowest BCUT2D eigenvalue weighted by Gasteiger charge is -2.05. The Morgan fingerprint density at radius 3 is 2.52 bits per heavy atom. The summed E-state index contributed by atoms with van der Waals surface area (Å²) >= 11 is 5.11. The van der Waals surface area contributed by atoms with Crippen LogP contribution in [0.2, 0.25) is 0 Å². The molecule has 4 aromatic rings. The quantitative estimate of drug-likeness (QED) is 0.451. The predicted molar refractivity (Wildman–Crippen MR) is 118 cm³/mol. The summed E-state index contributed by atoms with van der Waals surface area (Å²) in [6.45, 7) is 2.39. The van der Waals surface area contributed by atoms with E-state index in [4.69, 9.17) is 12.2 Å². The third kappa shape index (κ3) is 4.46. The fraction of sp³-hybridized carbons (Fsp3) is 0.182. The number of aryl methyl sites for hydroxylation is 1. The molecule has 2 heterocycles. The Kier molecular flexibility index (Phi) is 5.77. The molecule has 0 spiro atoms. The van der Waals surface area contributed by atoms with Gasteiger partial charge in [-0.05, 0) is 43.4 Å². The lowest BCUT2D eigenvalue weighted by atomic mass is 10.1. The van der Waals surface area contributed by atoms with E-state index in [-0.39, 0.29) is 11.7 Å². The van der Waals surface area contributed by atoms with Crippen LogP contribution in [-0.4, -0.2) is 37.0 Å². The van der Waals surface area contributed by atoms with Gasteiger partial charge in [-0.15, -0.1) is 0 Å². The second-order valence-corrected chi connectivity index (χ2v) is 7.57. The van der Waals surface area contributed by atoms with E-state index in [0.29, 0.717) is 34.7 Å². The third-order valence-electron chi connectivity index (χ3n) is 4.98. The van der Waals surface area contributed by atoms with Gasteiger partial charge in [0.15, 0.2) is 4.77 Å². The number of hydrogen-bond acceptors (Lipinski definition) is 4. The number of hydrogen-bond donors (Lipinski definition) is 2. The molecular weight excluding hydrogens is 415 g/mol. The topological polar surface area (TPSA) is 80.5 Å². The molecule has 0 radical (unpaired) electrons. The smallest absolute Gasteiger partial charge is 0.255 e. The summed E-state index contributed by atoms with van der Waals surface area (Å²) in [6.07, 6.45) is 2.19. The molecule has 0 fully saturated rings. The molecule has 0 unspecified atom stereocenters. The van der Waals surface area contributed by atoms with E-state index in [1.807, 2.05) is 38.2 Å². The van der Waals surface area contributed by atoms with Crippen LogP contribution < -0.4 is 5.32 Å². The van der Waals surface area contributed by atoms with Crippen LogP contribution in [0.3, 0.4) is 0 Å². The maximum Gasteiger partial charge on any atom is 0.255 e. The van der Waals surface area contributed by atoms with Crippen molar-refractivity contribution in [2.24, 2.45) is 7.05 Å². The van der Waals surface area contributed by atoms with Crippen LogP contribution >= 0.6 is 12.2 Å². The van der Waals surface area contributed by atoms with Crippen LogP contribution in [0.1, 0.15) is 21.7 Å². The highest BCUT2D eigenvalue weighted by Gasteiger charge is 2.19. The van der Waals surface area contributed by atoms with Crippen molar-refractivity contribution in [3.05, 3.63) is 82.3 Å². The van der Waals surface area contributed by atoms with E-state index in [2.05, 4.69) is 20.6 Å². The van der Waals surface area contributed by atoms with Gasteiger partial charge in [0.2, 0.25) is 0 Å². The summed E-state index contributed by atoms with van der Waals surface area (Å²) < 4.78 is 17.2. The molecule has 1 amide bonds. The molecule has 0 aliphatic rings. The van der Waals surface area contributed by atoms with Gasteiger partial charge in [0.1, 0.15) is 17.3 Å². The fourth-order valence-electron chi connectivity index (χ4n) is 3.18. The summed E-state index contributed by atoms with van der Waals surface area (Å²) in [5, 5.41) is 14.4. The Hall–Kier alpha value is -3.59. The first-order valence-corrected chi connectivity index (χ1v) is 10.1. The van der Waals surface area contributed by atoms with Gasteiger partial charge in [0.05, 0.1) is 11.3 Å². The van der Waals surface area contributed by atoms with Gasteiger partial charge in [0, 0.05) is 31.8 Å². The number of H-pyrrole nitrogens is 1. The highest BCUT2D eigenvalue weighted by Crippen LogP contribution is 2.24. The zero-order valence-corrected chi connectivity index (χ0v) is 17.9. The highest BCUT2D eigenvalue weighted by atomic mass is 32.1. The number of amides is 1. The molecule has 9 heteroatoms. The minimum atomic E-state index is -0.332. The zero-order valence-electron chi connectivity index (χ0n) is 17.1. The first kappa shape index (κ1) is 20.7. The number of nitrogens with one attached hydrogen (secondary N) is 2. The van der Waals surface area contributed by atoms with E-state index in [1.165, 1.54) is 12.1 Å². The molecule has 2 N–H and O–H groups in total. The largest absolute Gasteiger partial charge is 0.351 e. The number of rotatable bonds is 6. The summed E-state index contributed by atoms with van der Waals surface area (Å²) in [5.41, 5.74) is 3.59. The minimum absolute atomic E-state index is 0.249. The Morgan fingerprint density at radius 1 is 1.16 bits per heavy atom. The maximum atomic E-state index is 13.3. The molecule has 2 aromatic heterocycles. The molecule has 158 valence electrons. The zero-order chi connectivity index (χ0) is 22.0. The van der Waals surface area contributed by atoms with Crippen LogP contribution in [0.15, 0.2) is 54.7 Å². The van der Waals surface area contributed by atoms with Crippen molar-refractivity contribution < 1.29 is 9.18 Å². The van der Waals surface area contributed by atoms with Gasteiger partial charge in [-0.3, -0.25) is 9.89 Å². The van der Waals surface area contributed by atoms with E-state index in [9.17, 15) is 9.18 Å². The van der Waals surface area contributed by atoms with E-state index in [0.717, 1.165) is 17.0 Å². The highest BCUT2D eigenvalue weighted by molar-refractivity contribution is 7.71. The molecule has 0 atom stereocenters. The van der Waals surface area contributed by atoms with Gasteiger partial charge in [-0.2, -0.15) is 10.2 Å². The number of aromatic amines is 1. The average molecular weight is 437 g/mol. The van der Waals surface area contributed by atoms with E-state index < -0.39 is 0 Å². The minimum Gasteiger partial charge on any atom is -0.351 e. The van der Waals surface area contributed by atoms with Crippen molar-refractivity contribution in [2.75, 3.05) is 6.54 Å². The van der Waals surface area contributed by atoms with Gasteiger partial charge in [-0.25, -0.2) is 9.07 Å². The summed E-state index contributed by atoms with van der Waals surface area (Å²) in [6, 6.07) is 13.8. The summed E-state index contributed by atoms with van der Waals surface area (Å²) in [4.78, 5) is 13.0. The second-order valence-electron chi connectivity index (χ2n) is 7.19. The Morgan fingerprint density at radius 2 is 1.87 bits per heavy atom. The van der Waals surface area contributed by atoms with Crippen molar-refractivity contribution in [2.45, 2.75) is 13.3 Å². The SMILES string of the molecule is Cc1ccc(-c2nn(-c3ccc(F)cc3)cc2C(=O)NCCc2n[nH]c(=S)n2C)cc1. The molecule has 0 aliphatic heterocycles. The maximum absolute atomic E-state index is 13.3. The lowest BCUT2D eigenvalue weighted by molar-refractivity contribution is 0.0954. The predicted octanol–water partition coefficient (Wildman–Crippen LogP) is 3.75. The Labute approximate surface area is 183 Å². The van der Waals surface area contributed by atoms with E-state index >= 15 is 0 Å². The van der Waals surface area contributed by atoms with Crippen LogP contribution in [0, 0.1) is 17.5 Å². The van der Waals surface area contributed by atoms with Crippen LogP contribution in [0.5, 0.6) is 0 Å². The standard InChI is InChI=1S/C22H21FN6OS/c1-14-3-5-15(6-4-14)20-18(13-29(27-20)17-9-7-16(23)8-10-17)21(30)24-12-11-19-25-26-22(31)28(19)2/h3-10,13H,11-12H2,1-2H3,(H,24,30)(H,26,31). The van der Waals surface area contributed by atoms with Crippen LogP contribution in [0.4, 0.5) is 4.39 Å². The number of carbonyl (C=O) groups excluding carboxylic acids is 1. The van der Waals surface area contributed by atoms with Gasteiger partial charge >= 0.3 is 0 Å². The van der Waals surface area contributed by atoms with E-state index in [1.54, 1.807) is 27.6 Å². The van der Waals surface area contributed by atoms with Crippen molar-refractivity contribution >= 4 is 18.1 Å². The summed E-state index contributed by atoms with van der Waals surface area (Å²) in [7, 11) is 1.82. The van der Waals surface area contributed by atoms with Gasteiger partial charge in [-0.1, -0.05) is 29.8 Å². The van der Waals surface area contributed by atoms with Crippen molar-refractivity contribution in [1.82, 2.24) is 29.9 Å². The van der Waals surface area contributed by atoms with Crippen LogP contribution in [0.25, 0.3) is 16.9 Å². The third-order valence-corrected chi connectivity index (χ3v) is 5.35. The molecule has 7 nitrogen and oxygen atoms in total. The number of aromatic nitrogens is 5. The van der Waals surface area contributed by atoms with Gasteiger partial charge in [0.25, 0.3) is 5.91 Å². The van der Waals surface area contributed by atoms with Crippen molar-refractivity contribution in [1.29, 1.82) is 0 Å². The normalized spacial score (nSPS) is 10.9. The van der Waals surface area contributed by atoms with Crippen molar-refractivity contribution in [3.63, 3.8) is 0 Å². The lowest BCUT2D eigenvalue weighted by Crippen LogP contribution is -2.26. The first-order chi connectivity index (χ1) is 14.9. The summed E-state index contributed by atoms with van der Waals surface area (Å²) in [5.74, 6) is 0.174. The molecule has 0 saturated carbocycles. The number of benzene rings is 2. The molecule has 31 heavy (non-hydrogen) atoms. The number of carbonyl (C=O) groups is 1. The molecular formula is C22H21FN6OS. The first-order valence-electron chi connectivity index (χ1n) is 9.73. The molecule has 2 aromatic carbocycles. The molecule has 0 aliphatic carbocycles. The number of nitrogens with zero attached hydrogens (tertiary/aromatic N) is 4. The number of halogens is 1. The van der Waals surface area contributed by atoms with Crippen LogP contribution in [-0.2, 0) is 13.5 Å². The molecule has 0 bridgehead atoms. The molecule has 4 rings (SSSR count). The van der Waals surface area contributed by atoms with Crippen molar-refractivity contribution in [3.8, 4) is 16.9 Å². The van der Waals surface area contributed by atoms with Gasteiger partial charge < -0.3 is 9.88 Å². The Balaban J connectivity index is 1.61. The monoisotopic (exact) mass is 436 g/mol. The second kappa shape index (κ2) is 8.65. The average Bonchev–Trinajstić information content (AvgIpc) is 3.34. The Bertz CT molecular complexity index is 1270. The fourth-order valence-corrected chi connectivity index (χ4v) is 3.33. The molecule has 0 saturated heterocycles.